The molecule has 0 saturated carbocycles. The van der Waals surface area contributed by atoms with Crippen molar-refractivity contribution < 1.29 is 46.8 Å². The second-order valence-electron chi connectivity index (χ2n) is 7.70. The molecule has 0 fully saturated rings. The van der Waals surface area contributed by atoms with E-state index in [0.717, 1.165) is 57.8 Å². The van der Waals surface area contributed by atoms with Crippen molar-refractivity contribution in [2.24, 2.45) is 17.8 Å². The van der Waals surface area contributed by atoms with Crippen LogP contribution < -0.4 is 15.3 Å². The monoisotopic (exact) mass is 492 g/mol. The van der Waals surface area contributed by atoms with Gasteiger partial charge < -0.3 is 29.7 Å². The normalized spacial score (nSPS) is 12.6. The van der Waals surface area contributed by atoms with E-state index in [9.17, 15) is 29.7 Å². The molecule has 0 rings (SSSR count). The number of carboxylic acid groups (broad SMARTS) is 3. The molecule has 0 aromatic rings. The Hall–Kier alpha value is -1.07. The molecule has 188 valence electrons. The van der Waals surface area contributed by atoms with Crippen molar-refractivity contribution in [1.29, 1.82) is 0 Å². The predicted molar refractivity (Wildman–Crippen MR) is 115 cm³/mol. The van der Waals surface area contributed by atoms with Crippen molar-refractivity contribution >= 4 is 17.9 Å². The minimum atomic E-state index is -0.893. The molecule has 0 aliphatic rings. The minimum Gasteiger partial charge on any atom is -0.550 e. The van der Waals surface area contributed by atoms with E-state index in [1.807, 2.05) is 20.8 Å². The van der Waals surface area contributed by atoms with E-state index in [1.54, 1.807) is 0 Å². The van der Waals surface area contributed by atoms with Crippen molar-refractivity contribution in [1.82, 2.24) is 0 Å². The zero-order valence-electron chi connectivity index (χ0n) is 20.5. The van der Waals surface area contributed by atoms with Gasteiger partial charge in [0.1, 0.15) is 0 Å². The molecule has 31 heavy (non-hydrogen) atoms. The van der Waals surface area contributed by atoms with Gasteiger partial charge in [-0.05, 0) is 56.3 Å². The third-order valence-corrected chi connectivity index (χ3v) is 5.20. The smallest absolute Gasteiger partial charge is 0.550 e. The zero-order valence-corrected chi connectivity index (χ0v) is 21.4. The van der Waals surface area contributed by atoms with Crippen LogP contribution in [0.15, 0.2) is 0 Å². The second-order valence-corrected chi connectivity index (χ2v) is 7.70. The maximum Gasteiger partial charge on any atom is 3.00 e. The molecule has 0 bridgehead atoms. The summed E-state index contributed by atoms with van der Waals surface area (Å²) in [6, 6.07) is 0. The molecule has 6 nitrogen and oxygen atoms in total. The quantitative estimate of drug-likeness (QED) is 0.324. The first-order valence-electron chi connectivity index (χ1n) is 11.8. The summed E-state index contributed by atoms with van der Waals surface area (Å²) in [7, 11) is 0. The number of carbonyl (C=O) groups excluding carboxylic acids is 3. The van der Waals surface area contributed by atoms with E-state index in [-0.39, 0.29) is 34.8 Å². The summed E-state index contributed by atoms with van der Waals surface area (Å²) < 4.78 is 0. The summed E-state index contributed by atoms with van der Waals surface area (Å²) in [6.45, 7) is 11.8. The van der Waals surface area contributed by atoms with Gasteiger partial charge in [-0.15, -0.1) is 0 Å². The molecule has 0 heterocycles. The number of carbonyl (C=O) groups is 3. The Morgan fingerprint density at radius 3 is 0.806 bits per heavy atom. The molecule has 0 aliphatic carbocycles. The fourth-order valence-corrected chi connectivity index (χ4v) is 2.82. The van der Waals surface area contributed by atoms with Crippen molar-refractivity contribution in [2.45, 2.75) is 119 Å². The molecule has 0 amide bonds. The molecule has 0 aliphatic heterocycles. The molecular weight excluding hydrogens is 448 g/mol. The van der Waals surface area contributed by atoms with Crippen LogP contribution in [0.1, 0.15) is 119 Å². The largest absolute Gasteiger partial charge is 3.00 e. The van der Waals surface area contributed by atoms with Crippen molar-refractivity contribution in [3.63, 3.8) is 0 Å². The maximum atomic E-state index is 10.3. The number of rotatable bonds is 15. The number of hydrogen-bond acceptors (Lipinski definition) is 6. The van der Waals surface area contributed by atoms with Crippen LogP contribution in [0.5, 0.6) is 0 Å². The Labute approximate surface area is 201 Å². The predicted octanol–water partition coefficient (Wildman–Crippen LogP) is 2.86. The summed E-state index contributed by atoms with van der Waals surface area (Å²) >= 11 is 0. The van der Waals surface area contributed by atoms with Gasteiger partial charge in [-0.25, -0.2) is 0 Å². The third-order valence-electron chi connectivity index (χ3n) is 5.20. The van der Waals surface area contributed by atoms with Gasteiger partial charge in [-0.1, -0.05) is 80.1 Å². The average molecular weight is 493 g/mol. The number of aliphatic carboxylic acids is 3. The van der Waals surface area contributed by atoms with Gasteiger partial charge in [0, 0.05) is 17.9 Å². The third kappa shape index (κ3) is 25.1. The first-order chi connectivity index (χ1) is 14.2. The van der Waals surface area contributed by atoms with Crippen LogP contribution in [-0.4, -0.2) is 17.9 Å². The van der Waals surface area contributed by atoms with Gasteiger partial charge >= 0.3 is 17.1 Å². The number of carboxylic acids is 3. The van der Waals surface area contributed by atoms with E-state index < -0.39 is 17.9 Å². The minimum absolute atomic E-state index is 0. The molecular formula is C24H45CuO6. The molecule has 0 N–H and O–H groups in total. The van der Waals surface area contributed by atoms with Gasteiger partial charge in [0.2, 0.25) is 0 Å². The van der Waals surface area contributed by atoms with E-state index in [4.69, 9.17) is 0 Å². The van der Waals surface area contributed by atoms with Crippen LogP contribution in [0.25, 0.3) is 0 Å². The first-order valence-corrected chi connectivity index (χ1v) is 11.8. The van der Waals surface area contributed by atoms with Crippen LogP contribution in [0.3, 0.4) is 0 Å². The van der Waals surface area contributed by atoms with Crippen LogP contribution in [0, 0.1) is 17.8 Å². The Morgan fingerprint density at radius 2 is 0.710 bits per heavy atom. The van der Waals surface area contributed by atoms with E-state index in [2.05, 4.69) is 20.8 Å². The Balaban J connectivity index is -0.000000174. The Bertz CT molecular complexity index is 366. The van der Waals surface area contributed by atoms with Gasteiger partial charge in [0.05, 0.1) is 0 Å². The van der Waals surface area contributed by atoms with Crippen LogP contribution in [-0.2, 0) is 31.5 Å². The summed E-state index contributed by atoms with van der Waals surface area (Å²) in [5, 5.41) is 31.0. The number of unbranched alkanes of at least 4 members (excludes halogenated alkanes) is 3. The molecule has 0 aromatic heterocycles. The van der Waals surface area contributed by atoms with Gasteiger partial charge in [-0.3, -0.25) is 0 Å². The summed E-state index contributed by atoms with van der Waals surface area (Å²) in [6.07, 6.45) is 10.6. The fourth-order valence-electron chi connectivity index (χ4n) is 2.82. The topological polar surface area (TPSA) is 120 Å². The van der Waals surface area contributed by atoms with Gasteiger partial charge in [0.25, 0.3) is 0 Å². The van der Waals surface area contributed by atoms with Crippen LogP contribution in [0.2, 0.25) is 0 Å². The summed E-state index contributed by atoms with van der Waals surface area (Å²) in [4.78, 5) is 31.0. The number of hydrogen-bond donors (Lipinski definition) is 0. The average Bonchev–Trinajstić information content (AvgIpc) is 2.70. The first kappa shape index (κ1) is 37.3. The van der Waals surface area contributed by atoms with Gasteiger partial charge in [0.15, 0.2) is 0 Å². The molecule has 0 spiro atoms. The summed E-state index contributed by atoms with van der Waals surface area (Å²) in [5.74, 6) is -3.34. The van der Waals surface area contributed by atoms with Crippen molar-refractivity contribution in [2.75, 3.05) is 0 Å². The van der Waals surface area contributed by atoms with Crippen LogP contribution >= 0.6 is 0 Å². The SMILES string of the molecule is CCCCC(CC)C(=O)[O-].CCCCC(CC)C(=O)[O-].CCCCC(CC)C(=O)[O-].[Cu+3]. The molecule has 3 atom stereocenters. The molecule has 7 heteroatoms. The zero-order chi connectivity index (χ0) is 23.9. The standard InChI is InChI=1S/3C8H16O2.Cu/c3*1-3-5-6-7(4-2)8(9)10;/h3*7H,3-6H2,1-2H3,(H,9,10);/q;;;+3/p-3. The molecule has 3 unspecified atom stereocenters. The second kappa shape index (κ2) is 27.0. The summed E-state index contributed by atoms with van der Waals surface area (Å²) in [5.41, 5.74) is 0. The van der Waals surface area contributed by atoms with E-state index in [0.29, 0.717) is 19.3 Å². The Kier molecular flexibility index (Phi) is 32.4. The van der Waals surface area contributed by atoms with E-state index in [1.165, 1.54) is 0 Å². The molecule has 0 radical (unpaired) electrons. The van der Waals surface area contributed by atoms with E-state index >= 15 is 0 Å². The van der Waals surface area contributed by atoms with Crippen molar-refractivity contribution in [3.8, 4) is 0 Å². The van der Waals surface area contributed by atoms with Crippen LogP contribution in [0.4, 0.5) is 0 Å². The Morgan fingerprint density at radius 1 is 0.516 bits per heavy atom. The fraction of sp³-hybridized carbons (Fsp3) is 0.875. The molecule has 0 aromatic carbocycles. The maximum absolute atomic E-state index is 10.3. The molecule has 0 saturated heterocycles. The van der Waals surface area contributed by atoms with Crippen molar-refractivity contribution in [3.05, 3.63) is 0 Å². The van der Waals surface area contributed by atoms with Gasteiger partial charge in [-0.2, -0.15) is 0 Å².